The molecule has 0 spiro atoms. The first kappa shape index (κ1) is 21.7. The van der Waals surface area contributed by atoms with Gasteiger partial charge in [-0.3, -0.25) is 0 Å². The summed E-state index contributed by atoms with van der Waals surface area (Å²) in [4.78, 5) is 7.12. The van der Waals surface area contributed by atoms with Gasteiger partial charge >= 0.3 is 168 Å². The van der Waals surface area contributed by atoms with Gasteiger partial charge in [0.1, 0.15) is 0 Å². The molecule has 0 saturated carbocycles. The van der Waals surface area contributed by atoms with E-state index in [0.717, 1.165) is 5.52 Å². The molecule has 29 heavy (non-hydrogen) atoms. The molecule has 1 unspecified atom stereocenters. The Bertz CT molecular complexity index is 1160. The molecule has 2 nitrogen and oxygen atoms in total. The van der Waals surface area contributed by atoms with Crippen LogP contribution >= 0.6 is 0 Å². The summed E-state index contributed by atoms with van der Waals surface area (Å²) in [5, 5.41) is 1.18. The van der Waals surface area contributed by atoms with Crippen molar-refractivity contribution < 1.29 is 41.1 Å². The number of hydrogen-bond acceptors (Lipinski definition) is 2. The van der Waals surface area contributed by atoms with Crippen molar-refractivity contribution in [1.82, 2.24) is 4.98 Å². The first-order valence-electron chi connectivity index (χ1n) is 9.16. The van der Waals surface area contributed by atoms with Gasteiger partial charge in [-0.2, -0.15) is 0 Å². The van der Waals surface area contributed by atoms with E-state index in [1.54, 1.807) is 0 Å². The SMILES string of the molecule is CC1=CC2C(=C1c1cccc3cccnc13)[C]([Cr+2])=C(C)N2c1ccccc1.[Cl-].[Cl-]. The third-order valence-electron chi connectivity index (χ3n) is 5.52. The Morgan fingerprint density at radius 1 is 0.897 bits per heavy atom. The maximum absolute atomic E-state index is 4.69. The summed E-state index contributed by atoms with van der Waals surface area (Å²) in [6, 6.07) is 21.5. The predicted molar refractivity (Wildman–Crippen MR) is 108 cm³/mol. The van der Waals surface area contributed by atoms with Crippen LogP contribution in [0.1, 0.15) is 19.4 Å². The van der Waals surface area contributed by atoms with E-state index in [-0.39, 0.29) is 30.9 Å². The van der Waals surface area contributed by atoms with Crippen LogP contribution in [0.2, 0.25) is 0 Å². The second-order valence-corrected chi connectivity index (χ2v) is 7.72. The standard InChI is InChI=1S/C24H19N2.2ClH.Cr/c1-16-14-22-21(15-17(2)26(22)19-10-4-3-5-11-19)23(16)20-12-6-8-18-9-7-13-25-24(18)20;;;/h3-14,22H,1-2H3;2*1H;/q;;;+2/p-2. The van der Waals surface area contributed by atoms with Crippen molar-refractivity contribution in [3.05, 3.63) is 99.8 Å². The van der Waals surface area contributed by atoms with Crippen molar-refractivity contribution in [2.75, 3.05) is 4.90 Å². The fourth-order valence-electron chi connectivity index (χ4n) is 4.33. The summed E-state index contributed by atoms with van der Waals surface area (Å²) < 4.78 is 1.25. The third-order valence-corrected chi connectivity index (χ3v) is 6.32. The molecule has 1 atom stereocenters. The number of allylic oxidation sites excluding steroid dienone is 3. The van der Waals surface area contributed by atoms with E-state index in [1.165, 1.54) is 43.5 Å². The molecule has 3 aromatic rings. The fraction of sp³-hybridized carbons (Fsp3) is 0.125. The van der Waals surface area contributed by atoms with E-state index in [9.17, 15) is 0 Å². The molecule has 0 amide bonds. The van der Waals surface area contributed by atoms with Gasteiger partial charge in [0.2, 0.25) is 0 Å². The minimum Gasteiger partial charge on any atom is -1.00 e. The molecule has 0 fully saturated rings. The molecule has 2 aliphatic rings. The number of anilines is 1. The maximum atomic E-state index is 4.69. The van der Waals surface area contributed by atoms with Gasteiger partial charge in [-0.05, 0) is 0 Å². The minimum absolute atomic E-state index is 0. The van der Waals surface area contributed by atoms with Gasteiger partial charge in [0.05, 0.1) is 0 Å². The van der Waals surface area contributed by atoms with Crippen molar-refractivity contribution in [2.24, 2.45) is 0 Å². The Hall–Kier alpha value is -2.02. The van der Waals surface area contributed by atoms with Crippen LogP contribution in [0.5, 0.6) is 0 Å². The summed E-state index contributed by atoms with van der Waals surface area (Å²) in [6.45, 7) is 4.42. The summed E-state index contributed by atoms with van der Waals surface area (Å²) in [5.41, 5.74) is 8.78. The van der Waals surface area contributed by atoms with Crippen LogP contribution in [0.15, 0.2) is 94.2 Å². The number of halogens is 2. The summed E-state index contributed by atoms with van der Waals surface area (Å²) >= 11 is 3.35. The van der Waals surface area contributed by atoms with Gasteiger partial charge in [0, 0.05) is 0 Å². The molecular weight excluding hydrogens is 439 g/mol. The summed E-state index contributed by atoms with van der Waals surface area (Å²) in [6.07, 6.45) is 4.26. The van der Waals surface area contributed by atoms with Crippen molar-refractivity contribution in [1.29, 1.82) is 0 Å². The zero-order valence-electron chi connectivity index (χ0n) is 16.1. The van der Waals surface area contributed by atoms with Crippen LogP contribution in [-0.2, 0) is 16.3 Å². The van der Waals surface area contributed by atoms with Gasteiger partial charge in [-0.1, -0.05) is 0 Å². The molecular formula is C24H19Cl2CrN2. The molecule has 2 aromatic carbocycles. The molecule has 0 N–H and O–H groups in total. The molecule has 5 heteroatoms. The van der Waals surface area contributed by atoms with Crippen molar-refractivity contribution in [2.45, 2.75) is 19.9 Å². The molecule has 145 valence electrons. The molecule has 5 rings (SSSR count). The molecule has 2 heterocycles. The number of benzene rings is 2. The smallest absolute Gasteiger partial charge is 1.00 e. The first-order valence-corrected chi connectivity index (χ1v) is 9.80. The van der Waals surface area contributed by atoms with E-state index in [1.807, 2.05) is 12.3 Å². The Labute approximate surface area is 192 Å². The normalized spacial score (nSPS) is 17.8. The van der Waals surface area contributed by atoms with E-state index in [4.69, 9.17) is 4.98 Å². The second-order valence-electron chi connectivity index (χ2n) is 7.08. The predicted octanol–water partition coefficient (Wildman–Crippen LogP) is -0.377. The Morgan fingerprint density at radius 2 is 1.62 bits per heavy atom. The van der Waals surface area contributed by atoms with Crippen LogP contribution < -0.4 is 29.7 Å². The number of nitrogens with zero attached hydrogens (tertiary/aromatic N) is 2. The number of para-hydroxylation sites is 2. The largest absolute Gasteiger partial charge is 1.00 e. The van der Waals surface area contributed by atoms with Crippen molar-refractivity contribution in [3.63, 3.8) is 0 Å². The molecule has 0 bridgehead atoms. The Kier molecular flexibility index (Phi) is 6.27. The van der Waals surface area contributed by atoms with E-state index in [0.29, 0.717) is 0 Å². The zero-order chi connectivity index (χ0) is 18.5. The van der Waals surface area contributed by atoms with Crippen molar-refractivity contribution in [3.8, 4) is 0 Å². The van der Waals surface area contributed by atoms with Gasteiger partial charge in [0.25, 0.3) is 0 Å². The van der Waals surface area contributed by atoms with E-state index < -0.39 is 0 Å². The zero-order valence-corrected chi connectivity index (χ0v) is 18.9. The number of hydrogen-bond donors (Lipinski definition) is 0. The van der Waals surface area contributed by atoms with Crippen molar-refractivity contribution >= 4 is 22.2 Å². The molecule has 0 radical (unpaired) electrons. The van der Waals surface area contributed by atoms with Gasteiger partial charge in [0.15, 0.2) is 0 Å². The van der Waals surface area contributed by atoms with Crippen LogP contribution in [0.25, 0.3) is 16.5 Å². The second kappa shape index (κ2) is 8.38. The molecule has 0 saturated heterocycles. The summed E-state index contributed by atoms with van der Waals surface area (Å²) in [5.74, 6) is 0. The van der Waals surface area contributed by atoms with Crippen LogP contribution in [0, 0.1) is 0 Å². The first-order chi connectivity index (χ1) is 13.2. The summed E-state index contributed by atoms with van der Waals surface area (Å²) in [7, 11) is 0. The van der Waals surface area contributed by atoms with Gasteiger partial charge in [-0.15, -0.1) is 0 Å². The van der Waals surface area contributed by atoms with Gasteiger partial charge < -0.3 is 24.8 Å². The minimum atomic E-state index is 0. The van der Waals surface area contributed by atoms with Crippen LogP contribution in [0.3, 0.4) is 0 Å². The Balaban J connectivity index is 0.00000120. The number of fused-ring (bicyclic) bond motifs is 2. The quantitative estimate of drug-likeness (QED) is 0.521. The fourth-order valence-corrected chi connectivity index (χ4v) is 4.84. The number of rotatable bonds is 2. The average molecular weight is 458 g/mol. The molecule has 1 aliphatic carbocycles. The molecule has 1 aromatic heterocycles. The van der Waals surface area contributed by atoms with Crippen LogP contribution in [-0.4, -0.2) is 11.0 Å². The van der Waals surface area contributed by atoms with E-state index >= 15 is 0 Å². The number of aromatic nitrogens is 1. The number of pyridine rings is 1. The Morgan fingerprint density at radius 3 is 2.38 bits per heavy atom. The monoisotopic (exact) mass is 457 g/mol. The van der Waals surface area contributed by atoms with E-state index in [2.05, 4.69) is 95.7 Å². The topological polar surface area (TPSA) is 16.1 Å². The third kappa shape index (κ3) is 3.33. The van der Waals surface area contributed by atoms with Crippen LogP contribution in [0.4, 0.5) is 5.69 Å². The van der Waals surface area contributed by atoms with Gasteiger partial charge in [-0.25, -0.2) is 0 Å². The maximum Gasteiger partial charge on any atom is -1.00 e. The average Bonchev–Trinajstić information content (AvgIpc) is 3.15. The molecule has 1 aliphatic heterocycles.